The molecular weight excluding hydrogens is 468 g/mol. The number of rotatable bonds is 6. The molecule has 0 unspecified atom stereocenters. The largest absolute Gasteiger partial charge is 0.487 e. The zero-order chi connectivity index (χ0) is 25.6. The fraction of sp³-hybridized carbons (Fsp3) is 0.423. The van der Waals surface area contributed by atoms with Crippen molar-refractivity contribution in [3.8, 4) is 17.6 Å². The summed E-state index contributed by atoms with van der Waals surface area (Å²) < 4.78 is 39.6. The molecule has 0 fully saturated rings. The molecule has 1 N–H and O–H groups in total. The van der Waals surface area contributed by atoms with Crippen molar-refractivity contribution < 1.29 is 27.8 Å². The third-order valence-electron chi connectivity index (χ3n) is 5.94. The average Bonchev–Trinajstić information content (AvgIpc) is 2.85. The zero-order valence-corrected chi connectivity index (χ0v) is 21.3. The first-order chi connectivity index (χ1) is 16.7. The van der Waals surface area contributed by atoms with Gasteiger partial charge in [0.25, 0.3) is 0 Å². The van der Waals surface area contributed by atoms with E-state index in [1.807, 2.05) is 37.3 Å². The lowest BCUT2D eigenvalue weighted by Crippen LogP contribution is -2.50. The van der Waals surface area contributed by atoms with Gasteiger partial charge >= 0.3 is 0 Å². The summed E-state index contributed by atoms with van der Waals surface area (Å²) in [4.78, 5) is 13.8. The van der Waals surface area contributed by atoms with Gasteiger partial charge in [0.15, 0.2) is 0 Å². The smallest absolute Gasteiger partial charge is 0.248 e. The maximum Gasteiger partial charge on any atom is 0.248 e. The molecule has 0 saturated carbocycles. The van der Waals surface area contributed by atoms with Gasteiger partial charge in [0, 0.05) is 43.8 Å². The van der Waals surface area contributed by atoms with Crippen LogP contribution >= 0.6 is 0 Å². The highest BCUT2D eigenvalue weighted by Gasteiger charge is 2.38. The molecule has 188 valence electrons. The van der Waals surface area contributed by atoms with E-state index < -0.39 is 22.2 Å². The van der Waals surface area contributed by atoms with Gasteiger partial charge in [0.05, 0.1) is 13.2 Å². The van der Waals surface area contributed by atoms with E-state index in [-0.39, 0.29) is 48.8 Å². The Hall–Kier alpha value is -2.90. The molecule has 0 aromatic heterocycles. The molecule has 2 aromatic carbocycles. The third kappa shape index (κ3) is 6.41. The lowest BCUT2D eigenvalue weighted by Gasteiger charge is -2.37. The van der Waals surface area contributed by atoms with E-state index in [9.17, 15) is 18.3 Å². The number of methoxy groups -OCH3 is 1. The number of sulfonamides is 1. The van der Waals surface area contributed by atoms with Gasteiger partial charge in [0.1, 0.15) is 23.4 Å². The second-order valence-corrected chi connectivity index (χ2v) is 10.6. The number of amides is 1. The number of nitrogens with zero attached hydrogens (tertiary/aromatic N) is 2. The first-order valence-electron chi connectivity index (χ1n) is 11.4. The zero-order valence-electron chi connectivity index (χ0n) is 20.5. The minimum atomic E-state index is -3.95. The number of benzene rings is 2. The van der Waals surface area contributed by atoms with Crippen LogP contribution in [-0.2, 0) is 19.6 Å². The maximum absolute atomic E-state index is 13.6. The molecular formula is C26H32N2O6S. The van der Waals surface area contributed by atoms with E-state index in [4.69, 9.17) is 9.47 Å². The van der Waals surface area contributed by atoms with E-state index >= 15 is 0 Å². The number of carbonyl (C=O) groups is 1. The lowest BCUT2D eigenvalue weighted by molar-refractivity contribution is -0.135. The first-order valence-corrected chi connectivity index (χ1v) is 12.8. The van der Waals surface area contributed by atoms with Gasteiger partial charge in [-0.25, -0.2) is 8.42 Å². The van der Waals surface area contributed by atoms with Crippen molar-refractivity contribution in [3.05, 3.63) is 59.7 Å². The van der Waals surface area contributed by atoms with Crippen molar-refractivity contribution in [1.29, 1.82) is 0 Å². The summed E-state index contributed by atoms with van der Waals surface area (Å²) in [5, 5.41) is 9.76. The molecule has 2 aromatic rings. The van der Waals surface area contributed by atoms with Gasteiger partial charge in [0.2, 0.25) is 15.9 Å². The number of likely N-dealkylation sites (N-methyl/N-ethyl adjacent to an activating group) is 1. The standard InChI is InChI=1S/C26H32N2O6S/c1-19-15-28(20(2)17-29)35(31,32)25-13-12-22(11-10-21-8-6-5-7-9-21)14-23(25)34-24(19)16-27(3)26(30)18-33-4/h5-9,12-14,19-20,24,29H,15-18H2,1-4H3/t19-,20+,24-/m1/s1. The summed E-state index contributed by atoms with van der Waals surface area (Å²) in [5.41, 5.74) is 1.43. The fourth-order valence-corrected chi connectivity index (χ4v) is 5.62. The predicted octanol–water partition coefficient (Wildman–Crippen LogP) is 1.96. The van der Waals surface area contributed by atoms with Crippen molar-refractivity contribution in [3.63, 3.8) is 0 Å². The molecule has 0 saturated heterocycles. The predicted molar refractivity (Wildman–Crippen MR) is 132 cm³/mol. The van der Waals surface area contributed by atoms with Gasteiger partial charge in [-0.2, -0.15) is 4.31 Å². The molecule has 8 nitrogen and oxygen atoms in total. The van der Waals surface area contributed by atoms with Crippen molar-refractivity contribution in [2.45, 2.75) is 30.9 Å². The SMILES string of the molecule is COCC(=O)N(C)C[C@H]1Oc2cc(C#Cc3ccccc3)ccc2S(=O)(=O)N([C@@H](C)CO)C[C@H]1C. The summed E-state index contributed by atoms with van der Waals surface area (Å²) in [6.07, 6.45) is -0.499. The monoisotopic (exact) mass is 500 g/mol. The van der Waals surface area contributed by atoms with Crippen LogP contribution in [0.3, 0.4) is 0 Å². The minimum Gasteiger partial charge on any atom is -0.487 e. The van der Waals surface area contributed by atoms with Crippen molar-refractivity contribution in [2.24, 2.45) is 5.92 Å². The Kier molecular flexibility index (Phi) is 8.92. The molecule has 9 heteroatoms. The van der Waals surface area contributed by atoms with Crippen molar-refractivity contribution in [2.75, 3.05) is 40.5 Å². The van der Waals surface area contributed by atoms with E-state index in [2.05, 4.69) is 11.8 Å². The molecule has 0 bridgehead atoms. The molecule has 0 spiro atoms. The molecule has 1 aliphatic heterocycles. The highest BCUT2D eigenvalue weighted by atomic mass is 32.2. The number of fused-ring (bicyclic) bond motifs is 1. The fourth-order valence-electron chi connectivity index (χ4n) is 3.79. The Morgan fingerprint density at radius 3 is 2.57 bits per heavy atom. The molecule has 0 aliphatic carbocycles. The Balaban J connectivity index is 2.04. The first kappa shape index (κ1) is 26.7. The molecule has 1 aliphatic rings. The Bertz CT molecular complexity index is 1190. The van der Waals surface area contributed by atoms with E-state index in [0.717, 1.165) is 5.56 Å². The molecule has 3 atom stereocenters. The average molecular weight is 501 g/mol. The second-order valence-electron chi connectivity index (χ2n) is 8.72. The van der Waals surface area contributed by atoms with Crippen LogP contribution in [-0.4, -0.2) is 81.2 Å². The molecule has 1 amide bonds. The lowest BCUT2D eigenvalue weighted by atomic mass is 10.0. The summed E-state index contributed by atoms with van der Waals surface area (Å²) in [7, 11) is -0.839. The quantitative estimate of drug-likeness (QED) is 0.610. The van der Waals surface area contributed by atoms with E-state index in [1.54, 1.807) is 26.1 Å². The summed E-state index contributed by atoms with van der Waals surface area (Å²) >= 11 is 0. The number of aliphatic hydroxyl groups is 1. The summed E-state index contributed by atoms with van der Waals surface area (Å²) in [6, 6.07) is 13.6. The van der Waals surface area contributed by atoms with Crippen LogP contribution in [0.25, 0.3) is 0 Å². The summed E-state index contributed by atoms with van der Waals surface area (Å²) in [6.45, 7) is 3.53. The van der Waals surface area contributed by atoms with Crippen LogP contribution in [0, 0.1) is 17.8 Å². The van der Waals surface area contributed by atoms with E-state index in [1.165, 1.54) is 22.4 Å². The van der Waals surface area contributed by atoms with Crippen LogP contribution < -0.4 is 4.74 Å². The normalized spacial score (nSPS) is 20.3. The van der Waals surface area contributed by atoms with Gasteiger partial charge in [-0.1, -0.05) is 37.0 Å². The number of aliphatic hydroxyl groups excluding tert-OH is 1. The Morgan fingerprint density at radius 1 is 1.23 bits per heavy atom. The van der Waals surface area contributed by atoms with Gasteiger partial charge in [-0.15, -0.1) is 0 Å². The Labute approximate surface area is 207 Å². The number of carbonyl (C=O) groups excluding carboxylic acids is 1. The highest BCUT2D eigenvalue weighted by Crippen LogP contribution is 2.34. The van der Waals surface area contributed by atoms with Crippen LogP contribution in [0.1, 0.15) is 25.0 Å². The molecule has 35 heavy (non-hydrogen) atoms. The van der Waals surface area contributed by atoms with Gasteiger partial charge in [-0.3, -0.25) is 4.79 Å². The number of ether oxygens (including phenoxy) is 2. The van der Waals surface area contributed by atoms with Crippen LogP contribution in [0.4, 0.5) is 0 Å². The van der Waals surface area contributed by atoms with E-state index in [0.29, 0.717) is 5.56 Å². The third-order valence-corrected chi connectivity index (χ3v) is 7.96. The van der Waals surface area contributed by atoms with Crippen LogP contribution in [0.15, 0.2) is 53.4 Å². The minimum absolute atomic E-state index is 0.00540. The number of hydrogen-bond acceptors (Lipinski definition) is 6. The molecule has 0 radical (unpaired) electrons. The van der Waals surface area contributed by atoms with Crippen molar-refractivity contribution >= 4 is 15.9 Å². The Morgan fingerprint density at radius 2 is 1.91 bits per heavy atom. The van der Waals surface area contributed by atoms with Crippen molar-refractivity contribution in [1.82, 2.24) is 9.21 Å². The van der Waals surface area contributed by atoms with Crippen LogP contribution in [0.2, 0.25) is 0 Å². The topological polar surface area (TPSA) is 96.4 Å². The summed E-state index contributed by atoms with van der Waals surface area (Å²) in [5.74, 6) is 5.82. The van der Waals surface area contributed by atoms with Crippen LogP contribution in [0.5, 0.6) is 5.75 Å². The van der Waals surface area contributed by atoms with Gasteiger partial charge in [-0.05, 0) is 37.3 Å². The highest BCUT2D eigenvalue weighted by molar-refractivity contribution is 7.89. The number of hydrogen-bond donors (Lipinski definition) is 1. The second kappa shape index (κ2) is 11.7. The molecule has 1 heterocycles. The molecule has 3 rings (SSSR count). The maximum atomic E-state index is 13.6. The van der Waals surface area contributed by atoms with Gasteiger partial charge < -0.3 is 19.5 Å².